The highest BCUT2D eigenvalue weighted by Gasteiger charge is 2.13. The normalized spacial score (nSPS) is 10.8. The van der Waals surface area contributed by atoms with Crippen molar-refractivity contribution in [1.82, 2.24) is 14.9 Å². The summed E-state index contributed by atoms with van der Waals surface area (Å²) in [5.41, 5.74) is 4.68. The zero-order chi connectivity index (χ0) is 23.9. The van der Waals surface area contributed by atoms with E-state index in [9.17, 15) is 4.79 Å². The van der Waals surface area contributed by atoms with Gasteiger partial charge in [-0.15, -0.1) is 6.58 Å². The van der Waals surface area contributed by atoms with Gasteiger partial charge in [-0.1, -0.05) is 42.0 Å². The molecule has 0 radical (unpaired) electrons. The predicted octanol–water partition coefficient (Wildman–Crippen LogP) is 5.09. The summed E-state index contributed by atoms with van der Waals surface area (Å²) in [6.45, 7) is 7.08. The summed E-state index contributed by atoms with van der Waals surface area (Å²) >= 11 is 0. The Morgan fingerprint density at radius 1 is 1.09 bits per heavy atom. The minimum atomic E-state index is -0.122. The molecule has 0 saturated carbocycles. The third-order valence-electron chi connectivity index (χ3n) is 5.60. The first kappa shape index (κ1) is 23.1. The molecule has 0 spiro atoms. The van der Waals surface area contributed by atoms with Crippen LogP contribution in [0.25, 0.3) is 11.0 Å². The fraction of sp³-hybridized carbons (Fsp3) is 0.214. The number of amides is 1. The highest BCUT2D eigenvalue weighted by molar-refractivity contribution is 5.94. The minimum absolute atomic E-state index is 0.122. The lowest BCUT2D eigenvalue weighted by molar-refractivity contribution is 0.0949. The fourth-order valence-electron chi connectivity index (χ4n) is 3.93. The molecule has 1 amide bonds. The van der Waals surface area contributed by atoms with E-state index in [0.29, 0.717) is 36.8 Å². The van der Waals surface area contributed by atoms with Crippen molar-refractivity contribution >= 4 is 16.9 Å². The molecule has 0 bridgehead atoms. The number of hydrogen-bond donors (Lipinski definition) is 1. The average Bonchev–Trinajstić information content (AvgIpc) is 3.21. The number of fused-ring (bicyclic) bond motifs is 1. The molecule has 1 N–H and O–H groups in total. The molecule has 4 rings (SSSR count). The third-order valence-corrected chi connectivity index (χ3v) is 5.60. The van der Waals surface area contributed by atoms with Gasteiger partial charge in [0.05, 0.1) is 31.2 Å². The number of nitrogens with zero attached hydrogens (tertiary/aromatic N) is 2. The number of imidazole rings is 1. The summed E-state index contributed by atoms with van der Waals surface area (Å²) in [7, 11) is 1.64. The first-order chi connectivity index (χ1) is 16.6. The van der Waals surface area contributed by atoms with E-state index in [2.05, 4.69) is 16.5 Å². The number of allylic oxidation sites excluding steroid dienone is 1. The maximum Gasteiger partial charge on any atom is 0.251 e. The van der Waals surface area contributed by atoms with Crippen molar-refractivity contribution < 1.29 is 14.3 Å². The first-order valence-corrected chi connectivity index (χ1v) is 11.3. The smallest absolute Gasteiger partial charge is 0.251 e. The van der Waals surface area contributed by atoms with Gasteiger partial charge < -0.3 is 19.4 Å². The molecule has 174 valence electrons. The topological polar surface area (TPSA) is 65.4 Å². The number of hydrogen-bond acceptors (Lipinski definition) is 4. The van der Waals surface area contributed by atoms with Gasteiger partial charge in [-0.2, -0.15) is 0 Å². The number of nitrogens with one attached hydrogen (secondary N) is 1. The van der Waals surface area contributed by atoms with Crippen LogP contribution in [0.4, 0.5) is 0 Å². The van der Waals surface area contributed by atoms with Crippen LogP contribution in [-0.2, 0) is 19.5 Å². The molecule has 0 unspecified atom stereocenters. The molecule has 1 aromatic heterocycles. The number of para-hydroxylation sites is 2. The van der Waals surface area contributed by atoms with Gasteiger partial charge in [-0.3, -0.25) is 4.79 Å². The summed E-state index contributed by atoms with van der Waals surface area (Å²) in [4.78, 5) is 17.4. The Labute approximate surface area is 199 Å². The second kappa shape index (κ2) is 10.7. The largest absolute Gasteiger partial charge is 0.493 e. The molecule has 6 nitrogen and oxygen atoms in total. The standard InChI is InChI=1S/C28H29N3O3/c1-4-8-21-13-14-25(26(18-21)33-3)34-16-15-31-24-12-6-5-11-23(24)30-27(31)19-29-28(32)22-10-7-9-20(2)17-22/h4-7,9-14,17-18H,1,8,15-16,19H2,2-3H3,(H,29,32). The average molecular weight is 456 g/mol. The number of carbonyl (C=O) groups is 1. The Morgan fingerprint density at radius 3 is 2.74 bits per heavy atom. The van der Waals surface area contributed by atoms with E-state index in [1.807, 2.05) is 79.7 Å². The first-order valence-electron chi connectivity index (χ1n) is 11.3. The monoisotopic (exact) mass is 455 g/mol. The molecular formula is C28H29N3O3. The van der Waals surface area contributed by atoms with Crippen LogP contribution in [-0.4, -0.2) is 29.2 Å². The fourth-order valence-corrected chi connectivity index (χ4v) is 3.93. The molecule has 6 heteroatoms. The zero-order valence-electron chi connectivity index (χ0n) is 19.6. The van der Waals surface area contributed by atoms with E-state index >= 15 is 0 Å². The summed E-state index contributed by atoms with van der Waals surface area (Å²) in [6.07, 6.45) is 2.63. The number of benzene rings is 3. The lowest BCUT2D eigenvalue weighted by atomic mass is 10.1. The number of carbonyl (C=O) groups excluding carboxylic acids is 1. The van der Waals surface area contributed by atoms with E-state index in [1.54, 1.807) is 7.11 Å². The van der Waals surface area contributed by atoms with Crippen molar-refractivity contribution in [3.05, 3.63) is 102 Å². The molecule has 34 heavy (non-hydrogen) atoms. The summed E-state index contributed by atoms with van der Waals surface area (Å²) in [5.74, 6) is 2.04. The summed E-state index contributed by atoms with van der Waals surface area (Å²) in [5, 5.41) is 3.00. The van der Waals surface area contributed by atoms with Crippen molar-refractivity contribution in [2.24, 2.45) is 0 Å². The minimum Gasteiger partial charge on any atom is -0.493 e. The highest BCUT2D eigenvalue weighted by atomic mass is 16.5. The van der Waals surface area contributed by atoms with Crippen LogP contribution in [0.5, 0.6) is 11.5 Å². The van der Waals surface area contributed by atoms with Gasteiger partial charge in [0.15, 0.2) is 11.5 Å². The maximum atomic E-state index is 12.6. The van der Waals surface area contributed by atoms with E-state index in [4.69, 9.17) is 14.5 Å². The molecule has 0 fully saturated rings. The van der Waals surface area contributed by atoms with Crippen LogP contribution in [0, 0.1) is 6.92 Å². The Balaban J connectivity index is 1.48. The zero-order valence-corrected chi connectivity index (χ0v) is 19.6. The number of rotatable bonds is 10. The van der Waals surface area contributed by atoms with Crippen LogP contribution in [0.3, 0.4) is 0 Å². The van der Waals surface area contributed by atoms with Crippen molar-refractivity contribution in [1.29, 1.82) is 0 Å². The molecule has 1 heterocycles. The second-order valence-electron chi connectivity index (χ2n) is 8.05. The second-order valence-corrected chi connectivity index (χ2v) is 8.05. The van der Waals surface area contributed by atoms with Crippen molar-refractivity contribution in [2.45, 2.75) is 26.4 Å². The van der Waals surface area contributed by atoms with E-state index < -0.39 is 0 Å². The van der Waals surface area contributed by atoms with Crippen molar-refractivity contribution in [3.8, 4) is 11.5 Å². The van der Waals surface area contributed by atoms with Crippen LogP contribution < -0.4 is 14.8 Å². The number of methoxy groups -OCH3 is 1. The molecule has 0 aliphatic rings. The molecule has 0 aliphatic heterocycles. The molecule has 4 aromatic rings. The SMILES string of the molecule is C=CCc1ccc(OCCn2c(CNC(=O)c3cccc(C)c3)nc3ccccc32)c(OC)c1. The van der Waals surface area contributed by atoms with Gasteiger partial charge in [0.1, 0.15) is 12.4 Å². The van der Waals surface area contributed by atoms with Crippen LogP contribution in [0.1, 0.15) is 27.3 Å². The van der Waals surface area contributed by atoms with Crippen LogP contribution in [0.15, 0.2) is 79.4 Å². The van der Waals surface area contributed by atoms with Crippen LogP contribution in [0.2, 0.25) is 0 Å². The van der Waals surface area contributed by atoms with E-state index in [-0.39, 0.29) is 5.91 Å². The van der Waals surface area contributed by atoms with Gasteiger partial charge in [0.25, 0.3) is 5.91 Å². The Kier molecular flexibility index (Phi) is 7.28. The van der Waals surface area contributed by atoms with Crippen molar-refractivity contribution in [3.63, 3.8) is 0 Å². The molecular weight excluding hydrogens is 426 g/mol. The van der Waals surface area contributed by atoms with E-state index in [0.717, 1.165) is 34.4 Å². The molecule has 0 atom stereocenters. The lowest BCUT2D eigenvalue weighted by Gasteiger charge is -2.14. The van der Waals surface area contributed by atoms with Gasteiger partial charge in [-0.25, -0.2) is 4.98 Å². The number of aromatic nitrogens is 2. The van der Waals surface area contributed by atoms with Crippen LogP contribution >= 0.6 is 0 Å². The summed E-state index contributed by atoms with van der Waals surface area (Å²) in [6, 6.07) is 21.4. The summed E-state index contributed by atoms with van der Waals surface area (Å²) < 4.78 is 13.7. The maximum absolute atomic E-state index is 12.6. The van der Waals surface area contributed by atoms with Gasteiger partial charge in [0.2, 0.25) is 0 Å². The number of aryl methyl sites for hydroxylation is 1. The third kappa shape index (κ3) is 5.29. The molecule has 3 aromatic carbocycles. The molecule has 0 saturated heterocycles. The Bertz CT molecular complexity index is 1310. The predicted molar refractivity (Wildman–Crippen MR) is 134 cm³/mol. The van der Waals surface area contributed by atoms with E-state index in [1.165, 1.54) is 0 Å². The number of ether oxygens (including phenoxy) is 2. The highest BCUT2D eigenvalue weighted by Crippen LogP contribution is 2.28. The quantitative estimate of drug-likeness (QED) is 0.338. The van der Waals surface area contributed by atoms with Crippen molar-refractivity contribution in [2.75, 3.05) is 13.7 Å². The Morgan fingerprint density at radius 2 is 1.94 bits per heavy atom. The van der Waals surface area contributed by atoms with Gasteiger partial charge in [-0.05, 0) is 55.3 Å². The van der Waals surface area contributed by atoms with Gasteiger partial charge in [0, 0.05) is 5.56 Å². The van der Waals surface area contributed by atoms with Gasteiger partial charge >= 0.3 is 0 Å². The lowest BCUT2D eigenvalue weighted by Crippen LogP contribution is -2.25. The molecule has 0 aliphatic carbocycles. The Hall–Kier alpha value is -4.06.